The monoisotopic (exact) mass is 711 g/mol. The summed E-state index contributed by atoms with van der Waals surface area (Å²) < 4.78 is 96.3. The highest BCUT2D eigenvalue weighted by molar-refractivity contribution is 7.87. The van der Waals surface area contributed by atoms with Crippen LogP contribution in [-0.4, -0.2) is 77.3 Å². The first-order valence-electron chi connectivity index (χ1n) is 15.8. The molecule has 1 aliphatic heterocycles. The summed E-state index contributed by atoms with van der Waals surface area (Å²) in [7, 11) is -5.40. The molecule has 5 atom stereocenters. The van der Waals surface area contributed by atoms with Crippen LogP contribution in [0.3, 0.4) is 0 Å². The average molecular weight is 712 g/mol. The number of rotatable bonds is 18. The molecule has 47 heavy (non-hydrogen) atoms. The van der Waals surface area contributed by atoms with Crippen molar-refractivity contribution in [1.82, 2.24) is 4.98 Å². The Hall–Kier alpha value is -2.01. The molecule has 1 aromatic heterocycles. The molecule has 0 amide bonds. The zero-order valence-corrected chi connectivity index (χ0v) is 30.7. The Labute approximate surface area is 278 Å². The summed E-state index contributed by atoms with van der Waals surface area (Å²) in [6.07, 6.45) is 8.08. The van der Waals surface area contributed by atoms with Crippen molar-refractivity contribution in [3.63, 3.8) is 0 Å². The van der Waals surface area contributed by atoms with Gasteiger partial charge in [0, 0.05) is 27.2 Å². The normalized spacial score (nSPS) is 23.2. The smallest absolute Gasteiger partial charge is 0.445 e. The van der Waals surface area contributed by atoms with Gasteiger partial charge in [0.15, 0.2) is 12.1 Å². The van der Waals surface area contributed by atoms with Gasteiger partial charge in [0.2, 0.25) is 14.2 Å². The molecule has 0 spiro atoms. The highest BCUT2D eigenvalue weighted by Gasteiger charge is 2.51. The lowest BCUT2D eigenvalue weighted by atomic mass is 9.86. The summed E-state index contributed by atoms with van der Waals surface area (Å²) in [5.74, 6) is -2.80. The Kier molecular flexibility index (Phi) is 15.0. The van der Waals surface area contributed by atoms with Crippen molar-refractivity contribution in [1.29, 1.82) is 0 Å². The van der Waals surface area contributed by atoms with Crippen molar-refractivity contribution < 1.29 is 53.9 Å². The van der Waals surface area contributed by atoms with Gasteiger partial charge in [0.25, 0.3) is 5.88 Å². The van der Waals surface area contributed by atoms with Gasteiger partial charge in [0.1, 0.15) is 0 Å². The second-order valence-corrected chi connectivity index (χ2v) is 19.9. The summed E-state index contributed by atoms with van der Waals surface area (Å²) >= 11 is 0. The average Bonchev–Trinajstić information content (AvgIpc) is 3.41. The van der Waals surface area contributed by atoms with E-state index in [1.54, 1.807) is 13.2 Å². The van der Waals surface area contributed by atoms with E-state index >= 15 is 0 Å². The Bertz CT molecular complexity index is 1290. The number of nitrogens with zero attached hydrogens (tertiary/aromatic N) is 1. The molecule has 2 rings (SSSR count). The first-order valence-corrected chi connectivity index (χ1v) is 19.3. The Morgan fingerprint density at radius 2 is 1.81 bits per heavy atom. The lowest BCUT2D eigenvalue weighted by Gasteiger charge is -2.49. The van der Waals surface area contributed by atoms with E-state index in [9.17, 15) is 26.7 Å². The number of oxazole rings is 1. The molecule has 1 aromatic rings. The van der Waals surface area contributed by atoms with Crippen molar-refractivity contribution in [3.05, 3.63) is 48.6 Å². The molecule has 1 fully saturated rings. The molecule has 15 heteroatoms. The SMILES string of the molecule is C=CC[C@H](C=CC(C)=C[C@@H](O[Si](C(C)C)(C(C)C)C(C)C)[C@H]1C[C@@H](CO)C[C@](Cc2nc(OS(=O)(=O)C(F)(F)F)co2)(OC)O1)OC. The van der Waals surface area contributed by atoms with E-state index in [4.69, 9.17) is 23.1 Å². The summed E-state index contributed by atoms with van der Waals surface area (Å²) in [6, 6.07) is 0. The van der Waals surface area contributed by atoms with Crippen LogP contribution >= 0.6 is 0 Å². The molecule has 1 saturated heterocycles. The molecule has 10 nitrogen and oxygen atoms in total. The van der Waals surface area contributed by atoms with Crippen LogP contribution in [0.2, 0.25) is 16.6 Å². The standard InChI is InChI=1S/C32H52F3NO9SSi/c1-11-12-26(40-9)14-13-24(8)15-28(45-47(21(2)3,22(4)5)23(6)7)27-16-25(19-37)17-31(41-10,43-27)18-29-36-30(20-42-29)44-46(38,39)32(33,34)35/h11,13-15,20-23,25-28,37H,1,12,16-19H2,2-10H3/t25-,26-,27-,28-,31+/m1/s1. The Morgan fingerprint density at radius 1 is 1.19 bits per heavy atom. The van der Waals surface area contributed by atoms with E-state index in [1.807, 2.05) is 25.2 Å². The number of allylic oxidation sites excluding steroid dienone is 2. The molecule has 0 saturated carbocycles. The van der Waals surface area contributed by atoms with Crippen LogP contribution in [0.4, 0.5) is 13.2 Å². The zero-order chi connectivity index (χ0) is 35.8. The second-order valence-electron chi connectivity index (χ2n) is 13.0. The number of aliphatic hydroxyl groups is 1. The predicted octanol–water partition coefficient (Wildman–Crippen LogP) is 7.23. The first-order chi connectivity index (χ1) is 21.8. The van der Waals surface area contributed by atoms with Gasteiger partial charge in [-0.05, 0) is 42.3 Å². The van der Waals surface area contributed by atoms with E-state index in [2.05, 4.69) is 57.3 Å². The van der Waals surface area contributed by atoms with Crippen LogP contribution in [0.25, 0.3) is 0 Å². The Balaban J connectivity index is 2.57. The maximum Gasteiger partial charge on any atom is 0.534 e. The fraction of sp³-hybridized carbons (Fsp3) is 0.719. The molecule has 1 N–H and O–H groups in total. The molecular formula is C32H52F3NO9SSi. The van der Waals surface area contributed by atoms with Gasteiger partial charge in [-0.3, -0.25) is 0 Å². The third-order valence-electron chi connectivity index (χ3n) is 8.71. The molecule has 1 aliphatic rings. The predicted molar refractivity (Wildman–Crippen MR) is 175 cm³/mol. The van der Waals surface area contributed by atoms with Crippen LogP contribution in [0.15, 0.2) is 47.1 Å². The van der Waals surface area contributed by atoms with E-state index < -0.39 is 47.8 Å². The summed E-state index contributed by atoms with van der Waals surface area (Å²) in [4.78, 5) is 3.80. The van der Waals surface area contributed by atoms with Gasteiger partial charge < -0.3 is 32.3 Å². The Morgan fingerprint density at radius 3 is 2.30 bits per heavy atom. The van der Waals surface area contributed by atoms with Gasteiger partial charge in [-0.25, -0.2) is 0 Å². The summed E-state index contributed by atoms with van der Waals surface area (Å²) in [5.41, 5.74) is -3.98. The number of hydrogen-bond donors (Lipinski definition) is 1. The number of aliphatic hydroxyl groups excluding tert-OH is 1. The van der Waals surface area contributed by atoms with Gasteiger partial charge in [-0.15, -0.1) is 6.58 Å². The van der Waals surface area contributed by atoms with E-state index in [-0.39, 0.29) is 54.0 Å². The number of ether oxygens (including phenoxy) is 3. The largest absolute Gasteiger partial charge is 0.534 e. The van der Waals surface area contributed by atoms with Crippen LogP contribution in [0.1, 0.15) is 73.6 Å². The van der Waals surface area contributed by atoms with Crippen LogP contribution < -0.4 is 4.18 Å². The number of halogens is 3. The van der Waals surface area contributed by atoms with Gasteiger partial charge in [-0.2, -0.15) is 26.6 Å². The molecule has 0 unspecified atom stereocenters. The highest BCUT2D eigenvalue weighted by atomic mass is 32.2. The minimum atomic E-state index is -5.95. The number of alkyl halides is 3. The highest BCUT2D eigenvalue weighted by Crippen LogP contribution is 2.46. The molecule has 0 radical (unpaired) electrons. The summed E-state index contributed by atoms with van der Waals surface area (Å²) in [6.45, 7) is 18.6. The number of hydrogen-bond acceptors (Lipinski definition) is 10. The van der Waals surface area contributed by atoms with Crippen LogP contribution in [-0.2, 0) is 35.2 Å². The lowest BCUT2D eigenvalue weighted by Crippen LogP contribution is -2.56. The fourth-order valence-corrected chi connectivity index (χ4v) is 12.4. The number of methoxy groups -OCH3 is 2. The maximum atomic E-state index is 12.8. The molecule has 0 aromatic carbocycles. The first kappa shape index (κ1) is 41.2. The molecule has 2 heterocycles. The minimum Gasteiger partial charge on any atom is -0.445 e. The van der Waals surface area contributed by atoms with Crippen molar-refractivity contribution in [3.8, 4) is 5.88 Å². The van der Waals surface area contributed by atoms with Crippen molar-refractivity contribution in [2.45, 2.75) is 120 Å². The molecule has 0 bridgehead atoms. The van der Waals surface area contributed by atoms with Gasteiger partial charge >= 0.3 is 15.6 Å². The van der Waals surface area contributed by atoms with Crippen molar-refractivity contribution >= 4 is 18.4 Å². The van der Waals surface area contributed by atoms with Gasteiger partial charge in [0.05, 0.1) is 24.7 Å². The molecule has 0 aliphatic carbocycles. The molecule has 270 valence electrons. The fourth-order valence-electron chi connectivity index (χ4n) is 6.54. The second kappa shape index (κ2) is 17.1. The third kappa shape index (κ3) is 10.5. The van der Waals surface area contributed by atoms with E-state index in [0.29, 0.717) is 19.1 Å². The number of aromatic nitrogens is 1. The van der Waals surface area contributed by atoms with Crippen molar-refractivity contribution in [2.24, 2.45) is 5.92 Å². The van der Waals surface area contributed by atoms with Crippen molar-refractivity contribution in [2.75, 3.05) is 20.8 Å². The maximum absolute atomic E-state index is 12.8. The van der Waals surface area contributed by atoms with E-state index in [1.165, 1.54) is 7.11 Å². The van der Waals surface area contributed by atoms with Gasteiger partial charge in [-0.1, -0.05) is 71.4 Å². The van der Waals surface area contributed by atoms with Crippen LogP contribution in [0, 0.1) is 5.92 Å². The topological polar surface area (TPSA) is 127 Å². The summed E-state index contributed by atoms with van der Waals surface area (Å²) in [5, 5.41) is 10.4. The lowest BCUT2D eigenvalue weighted by molar-refractivity contribution is -0.291. The van der Waals surface area contributed by atoms with Crippen LogP contribution in [0.5, 0.6) is 5.88 Å². The minimum absolute atomic E-state index is 0.155. The van der Waals surface area contributed by atoms with E-state index in [0.717, 1.165) is 5.57 Å². The molecular weight excluding hydrogens is 659 g/mol. The third-order valence-corrected chi connectivity index (χ3v) is 15.8. The quantitative estimate of drug-likeness (QED) is 0.0548. The zero-order valence-electron chi connectivity index (χ0n) is 28.9.